The van der Waals surface area contributed by atoms with Crippen molar-refractivity contribution in [2.24, 2.45) is 0 Å². The number of nitrogens with zero attached hydrogens (tertiary/aromatic N) is 3. The van der Waals surface area contributed by atoms with E-state index in [4.69, 9.17) is 4.74 Å². The van der Waals surface area contributed by atoms with Crippen molar-refractivity contribution in [2.75, 3.05) is 6.61 Å². The topological polar surface area (TPSA) is 39.9 Å². The monoisotopic (exact) mass is 345 g/mol. The number of aryl methyl sites for hydroxylation is 1. The fourth-order valence-corrected chi connectivity index (χ4v) is 3.50. The Morgan fingerprint density at radius 2 is 2.00 bits per heavy atom. The van der Waals surface area contributed by atoms with E-state index < -0.39 is 0 Å². The number of hydrogen-bond acceptors (Lipinski definition) is 3. The van der Waals surface area contributed by atoms with Gasteiger partial charge in [-0.15, -0.1) is 0 Å². The molecule has 2 aromatic carbocycles. The Morgan fingerprint density at radius 3 is 2.88 bits per heavy atom. The van der Waals surface area contributed by atoms with Crippen molar-refractivity contribution >= 4 is 11.0 Å². The van der Waals surface area contributed by atoms with Crippen LogP contribution in [0.2, 0.25) is 0 Å². The van der Waals surface area contributed by atoms with Crippen molar-refractivity contribution in [3.05, 3.63) is 71.9 Å². The first-order chi connectivity index (χ1) is 12.7. The number of hydrogen-bond donors (Lipinski definition) is 0. The maximum atomic E-state index is 13.4. The highest BCUT2D eigenvalue weighted by Crippen LogP contribution is 2.30. The molecule has 128 valence electrons. The average molecular weight is 345 g/mol. The molecule has 0 atom stereocenters. The second-order valence-corrected chi connectivity index (χ2v) is 6.52. The molecule has 5 heteroatoms. The second kappa shape index (κ2) is 5.66. The average Bonchev–Trinajstić information content (AvgIpc) is 3.27. The van der Waals surface area contributed by atoms with E-state index in [1.54, 1.807) is 12.3 Å². The molecule has 0 fully saturated rings. The van der Waals surface area contributed by atoms with Crippen LogP contribution in [0.15, 0.2) is 55.0 Å². The molecule has 4 nitrogen and oxygen atoms in total. The first-order valence-corrected chi connectivity index (χ1v) is 8.55. The van der Waals surface area contributed by atoms with Crippen LogP contribution >= 0.6 is 0 Å². The van der Waals surface area contributed by atoms with Gasteiger partial charge in [0.15, 0.2) is 0 Å². The van der Waals surface area contributed by atoms with Crippen molar-refractivity contribution in [1.29, 1.82) is 0 Å². The van der Waals surface area contributed by atoms with E-state index in [-0.39, 0.29) is 5.82 Å². The minimum absolute atomic E-state index is 0.238. The van der Waals surface area contributed by atoms with Gasteiger partial charge in [0, 0.05) is 17.7 Å². The van der Waals surface area contributed by atoms with Gasteiger partial charge in [-0.1, -0.05) is 0 Å². The number of aromatic nitrogens is 3. The van der Waals surface area contributed by atoms with E-state index in [2.05, 4.69) is 20.6 Å². The first-order valence-electron chi connectivity index (χ1n) is 8.55. The summed E-state index contributed by atoms with van der Waals surface area (Å²) in [5.74, 6) is 0.722. The molecule has 5 rings (SSSR count). The van der Waals surface area contributed by atoms with Gasteiger partial charge >= 0.3 is 0 Å². The fourth-order valence-electron chi connectivity index (χ4n) is 3.50. The van der Waals surface area contributed by atoms with Gasteiger partial charge in [0.05, 0.1) is 24.0 Å². The third-order valence-corrected chi connectivity index (χ3v) is 4.85. The molecular weight excluding hydrogens is 329 g/mol. The summed E-state index contributed by atoms with van der Waals surface area (Å²) in [5, 5.41) is 0. The summed E-state index contributed by atoms with van der Waals surface area (Å²) in [4.78, 5) is 8.98. The number of rotatable bonds is 2. The smallest absolute Gasteiger partial charge is 0.123 e. The zero-order valence-corrected chi connectivity index (χ0v) is 14.2. The second-order valence-electron chi connectivity index (χ2n) is 6.52. The quantitative estimate of drug-likeness (QED) is 0.538. The Kier molecular flexibility index (Phi) is 3.28. The number of fused-ring (bicyclic) bond motifs is 2. The lowest BCUT2D eigenvalue weighted by Gasteiger charge is -2.09. The maximum Gasteiger partial charge on any atom is 0.123 e. The molecule has 0 unspecified atom stereocenters. The van der Waals surface area contributed by atoms with Crippen LogP contribution < -0.4 is 4.74 Å². The molecular formula is C21H16FN3O. The molecule has 0 radical (unpaired) electrons. The number of ether oxygens (including phenoxy) is 1. The molecule has 4 aromatic rings. The van der Waals surface area contributed by atoms with Gasteiger partial charge in [-0.25, -0.2) is 9.37 Å². The zero-order valence-electron chi connectivity index (χ0n) is 14.2. The molecule has 0 bridgehead atoms. The van der Waals surface area contributed by atoms with Crippen LogP contribution in [0.3, 0.4) is 0 Å². The third kappa shape index (κ3) is 2.36. The van der Waals surface area contributed by atoms with Gasteiger partial charge in [0.2, 0.25) is 0 Å². The molecule has 3 heterocycles. The van der Waals surface area contributed by atoms with Crippen LogP contribution in [0.25, 0.3) is 28.0 Å². The summed E-state index contributed by atoms with van der Waals surface area (Å²) in [7, 11) is 0. The maximum absolute atomic E-state index is 13.4. The Bertz CT molecular complexity index is 1150. The lowest BCUT2D eigenvalue weighted by Crippen LogP contribution is -1.94. The van der Waals surface area contributed by atoms with E-state index in [0.29, 0.717) is 0 Å². The van der Waals surface area contributed by atoms with E-state index in [1.165, 1.54) is 17.7 Å². The Balaban J connectivity index is 1.66. The molecule has 0 spiro atoms. The molecule has 26 heavy (non-hydrogen) atoms. The predicted molar refractivity (Wildman–Crippen MR) is 98.2 cm³/mol. The highest BCUT2D eigenvalue weighted by molar-refractivity contribution is 5.81. The zero-order chi connectivity index (χ0) is 17.7. The molecule has 0 aliphatic carbocycles. The summed E-state index contributed by atoms with van der Waals surface area (Å²) in [6.45, 7) is 2.63. The fraction of sp³-hybridized carbons (Fsp3) is 0.143. The summed E-state index contributed by atoms with van der Waals surface area (Å²) < 4.78 is 21.1. The SMILES string of the molecule is Cc1cc(F)ccc1-c1cc2c(cn1)ncn2-c1ccc2c(c1)CCO2. The van der Waals surface area contributed by atoms with E-state index in [0.717, 1.165) is 52.3 Å². The van der Waals surface area contributed by atoms with Gasteiger partial charge in [0.25, 0.3) is 0 Å². The van der Waals surface area contributed by atoms with Crippen LogP contribution in [-0.2, 0) is 6.42 Å². The lowest BCUT2D eigenvalue weighted by atomic mass is 10.0. The molecule has 0 saturated heterocycles. The van der Waals surface area contributed by atoms with E-state index >= 15 is 0 Å². The summed E-state index contributed by atoms with van der Waals surface area (Å²) >= 11 is 0. The number of halogens is 1. The molecule has 0 amide bonds. The van der Waals surface area contributed by atoms with Gasteiger partial charge < -0.3 is 4.74 Å². The minimum Gasteiger partial charge on any atom is -0.493 e. The lowest BCUT2D eigenvalue weighted by molar-refractivity contribution is 0.357. The largest absolute Gasteiger partial charge is 0.493 e. The molecule has 0 N–H and O–H groups in total. The first kappa shape index (κ1) is 15.1. The van der Waals surface area contributed by atoms with Gasteiger partial charge in [-0.05, 0) is 60.5 Å². The highest BCUT2D eigenvalue weighted by atomic mass is 19.1. The predicted octanol–water partition coefficient (Wildman–Crippen LogP) is 4.47. The number of benzene rings is 2. The molecule has 2 aromatic heterocycles. The van der Waals surface area contributed by atoms with E-state index in [9.17, 15) is 4.39 Å². The van der Waals surface area contributed by atoms with Gasteiger partial charge in [-0.3, -0.25) is 9.55 Å². The third-order valence-electron chi connectivity index (χ3n) is 4.85. The molecule has 1 aliphatic rings. The van der Waals surface area contributed by atoms with Gasteiger partial charge in [-0.2, -0.15) is 0 Å². The van der Waals surface area contributed by atoms with Crippen LogP contribution in [-0.4, -0.2) is 21.1 Å². The summed E-state index contributed by atoms with van der Waals surface area (Å²) in [6, 6.07) is 13.0. The van der Waals surface area contributed by atoms with Crippen molar-refractivity contribution in [3.8, 4) is 22.7 Å². The van der Waals surface area contributed by atoms with Gasteiger partial charge in [0.1, 0.15) is 23.4 Å². The summed E-state index contributed by atoms with van der Waals surface area (Å²) in [6.07, 6.45) is 4.50. The Labute approximate surface area is 149 Å². The number of pyridine rings is 1. The highest BCUT2D eigenvalue weighted by Gasteiger charge is 2.15. The van der Waals surface area contributed by atoms with E-state index in [1.807, 2.05) is 31.5 Å². The van der Waals surface area contributed by atoms with Crippen molar-refractivity contribution < 1.29 is 9.13 Å². The van der Waals surface area contributed by atoms with Crippen LogP contribution in [0.5, 0.6) is 5.75 Å². The standard InChI is InChI=1S/C21H16FN3O/c1-13-8-15(22)2-4-17(13)18-10-20-19(11-23-18)24-12-25(20)16-3-5-21-14(9-16)6-7-26-21/h2-5,8-12H,6-7H2,1H3. The van der Waals surface area contributed by atoms with Crippen LogP contribution in [0.1, 0.15) is 11.1 Å². The molecule has 1 aliphatic heterocycles. The van der Waals surface area contributed by atoms with Crippen LogP contribution in [0.4, 0.5) is 4.39 Å². The molecule has 0 saturated carbocycles. The minimum atomic E-state index is -0.238. The Hall–Kier alpha value is -3.21. The number of imidazole rings is 1. The normalized spacial score (nSPS) is 13.0. The van der Waals surface area contributed by atoms with Crippen molar-refractivity contribution in [1.82, 2.24) is 14.5 Å². The van der Waals surface area contributed by atoms with Crippen molar-refractivity contribution in [3.63, 3.8) is 0 Å². The van der Waals surface area contributed by atoms with Crippen molar-refractivity contribution in [2.45, 2.75) is 13.3 Å². The summed E-state index contributed by atoms with van der Waals surface area (Å²) in [5.41, 5.74) is 6.64. The van der Waals surface area contributed by atoms with Crippen LogP contribution in [0, 0.1) is 12.7 Å². The Morgan fingerprint density at radius 1 is 1.08 bits per heavy atom.